The molecule has 7 heteroatoms. The van der Waals surface area contributed by atoms with Gasteiger partial charge in [0.25, 0.3) is 5.91 Å². The molecule has 0 saturated heterocycles. The average molecular weight is 376 g/mol. The van der Waals surface area contributed by atoms with E-state index in [-0.39, 0.29) is 11.6 Å². The summed E-state index contributed by atoms with van der Waals surface area (Å²) in [5.41, 5.74) is 1.86. The van der Waals surface area contributed by atoms with Gasteiger partial charge in [-0.3, -0.25) is 14.4 Å². The van der Waals surface area contributed by atoms with Gasteiger partial charge in [-0.25, -0.2) is 4.68 Å². The summed E-state index contributed by atoms with van der Waals surface area (Å²) in [6, 6.07) is 17.3. The molecular formula is C21H20N4O3. The Labute approximate surface area is 162 Å². The van der Waals surface area contributed by atoms with E-state index < -0.39 is 11.3 Å². The average Bonchev–Trinajstić information content (AvgIpc) is 2.70. The van der Waals surface area contributed by atoms with Crippen LogP contribution < -0.4 is 16.1 Å². The zero-order chi connectivity index (χ0) is 20.1. The molecule has 0 bridgehead atoms. The summed E-state index contributed by atoms with van der Waals surface area (Å²) in [4.78, 5) is 36.3. The molecular weight excluding hydrogens is 356 g/mol. The standard InChI is InChI=1S/C21H20N4O3/c1-3-19(27)22-15-9-11-16(12-10-15)23-21(28)20-18(26)13-14(2)25(24-20)17-7-5-4-6-8-17/h4-13H,3H2,1-2H3,(H,22,27)(H,23,28). The molecule has 2 aromatic carbocycles. The minimum Gasteiger partial charge on any atom is -0.326 e. The molecule has 3 aromatic rings. The van der Waals surface area contributed by atoms with Gasteiger partial charge in [0, 0.05) is 29.6 Å². The molecule has 2 N–H and O–H groups in total. The highest BCUT2D eigenvalue weighted by Crippen LogP contribution is 2.15. The lowest BCUT2D eigenvalue weighted by atomic mass is 10.2. The van der Waals surface area contributed by atoms with Gasteiger partial charge in [0.15, 0.2) is 5.69 Å². The predicted octanol–water partition coefficient (Wildman–Crippen LogP) is 3.14. The van der Waals surface area contributed by atoms with Crippen molar-refractivity contribution >= 4 is 23.2 Å². The maximum absolute atomic E-state index is 12.6. The topological polar surface area (TPSA) is 93.1 Å². The number of para-hydroxylation sites is 1. The van der Waals surface area contributed by atoms with E-state index in [0.717, 1.165) is 5.69 Å². The fourth-order valence-electron chi connectivity index (χ4n) is 2.61. The largest absolute Gasteiger partial charge is 0.326 e. The summed E-state index contributed by atoms with van der Waals surface area (Å²) in [6.07, 6.45) is 0.380. The van der Waals surface area contributed by atoms with Gasteiger partial charge in [0.2, 0.25) is 11.3 Å². The second-order valence-corrected chi connectivity index (χ2v) is 6.18. The second-order valence-electron chi connectivity index (χ2n) is 6.18. The smallest absolute Gasteiger partial charge is 0.280 e. The summed E-state index contributed by atoms with van der Waals surface area (Å²) in [5, 5.41) is 9.63. The summed E-state index contributed by atoms with van der Waals surface area (Å²) in [7, 11) is 0. The first-order valence-electron chi connectivity index (χ1n) is 8.85. The molecule has 2 amide bonds. The van der Waals surface area contributed by atoms with Gasteiger partial charge in [0.1, 0.15) is 0 Å². The fourth-order valence-corrected chi connectivity index (χ4v) is 2.61. The molecule has 0 aliphatic rings. The van der Waals surface area contributed by atoms with Gasteiger partial charge >= 0.3 is 0 Å². The Morgan fingerprint density at radius 2 is 1.57 bits per heavy atom. The Hall–Kier alpha value is -3.74. The number of amides is 2. The van der Waals surface area contributed by atoms with E-state index in [2.05, 4.69) is 15.7 Å². The van der Waals surface area contributed by atoms with Gasteiger partial charge < -0.3 is 10.6 Å². The molecule has 0 spiro atoms. The van der Waals surface area contributed by atoms with Crippen molar-refractivity contribution in [3.05, 3.63) is 82.3 Å². The van der Waals surface area contributed by atoms with E-state index >= 15 is 0 Å². The van der Waals surface area contributed by atoms with Crippen LogP contribution in [-0.4, -0.2) is 21.6 Å². The van der Waals surface area contributed by atoms with Crippen LogP contribution in [0.3, 0.4) is 0 Å². The van der Waals surface area contributed by atoms with Crippen molar-refractivity contribution in [2.45, 2.75) is 20.3 Å². The van der Waals surface area contributed by atoms with Gasteiger partial charge in [-0.1, -0.05) is 25.1 Å². The maximum atomic E-state index is 12.6. The highest BCUT2D eigenvalue weighted by Gasteiger charge is 2.15. The molecule has 0 fully saturated rings. The first-order chi connectivity index (χ1) is 13.5. The van der Waals surface area contributed by atoms with Crippen LogP contribution in [0.1, 0.15) is 29.5 Å². The second kappa shape index (κ2) is 8.30. The third-order valence-corrected chi connectivity index (χ3v) is 4.07. The molecule has 0 saturated carbocycles. The zero-order valence-electron chi connectivity index (χ0n) is 15.6. The number of nitrogens with zero attached hydrogens (tertiary/aromatic N) is 2. The van der Waals surface area contributed by atoms with Gasteiger partial charge in [-0.15, -0.1) is 0 Å². The Balaban J connectivity index is 1.83. The van der Waals surface area contributed by atoms with E-state index in [9.17, 15) is 14.4 Å². The first-order valence-corrected chi connectivity index (χ1v) is 8.85. The fraction of sp³-hybridized carbons (Fsp3) is 0.143. The van der Waals surface area contributed by atoms with Crippen molar-refractivity contribution in [1.82, 2.24) is 9.78 Å². The molecule has 0 aliphatic carbocycles. The molecule has 0 atom stereocenters. The van der Waals surface area contributed by atoms with Gasteiger partial charge in [-0.2, -0.15) is 5.10 Å². The summed E-state index contributed by atoms with van der Waals surface area (Å²) < 4.78 is 1.56. The summed E-state index contributed by atoms with van der Waals surface area (Å²) >= 11 is 0. The number of rotatable bonds is 5. The van der Waals surface area contributed by atoms with E-state index in [1.807, 2.05) is 30.3 Å². The number of anilines is 2. The summed E-state index contributed by atoms with van der Waals surface area (Å²) in [6.45, 7) is 3.52. The lowest BCUT2D eigenvalue weighted by Gasteiger charge is -2.11. The minimum absolute atomic E-state index is 0.0953. The predicted molar refractivity (Wildman–Crippen MR) is 108 cm³/mol. The normalized spacial score (nSPS) is 10.4. The highest BCUT2D eigenvalue weighted by atomic mass is 16.2. The number of hydrogen-bond donors (Lipinski definition) is 2. The van der Waals surface area contributed by atoms with Crippen LogP contribution in [0.5, 0.6) is 0 Å². The Morgan fingerprint density at radius 1 is 0.964 bits per heavy atom. The van der Waals surface area contributed by atoms with Crippen molar-refractivity contribution in [3.8, 4) is 5.69 Å². The van der Waals surface area contributed by atoms with Crippen molar-refractivity contribution in [2.75, 3.05) is 10.6 Å². The van der Waals surface area contributed by atoms with Crippen molar-refractivity contribution < 1.29 is 9.59 Å². The lowest BCUT2D eigenvalue weighted by molar-refractivity contribution is -0.115. The quantitative estimate of drug-likeness (QED) is 0.715. The van der Waals surface area contributed by atoms with Crippen LogP contribution in [0.15, 0.2) is 65.5 Å². The van der Waals surface area contributed by atoms with Crippen LogP contribution in [0, 0.1) is 6.92 Å². The zero-order valence-corrected chi connectivity index (χ0v) is 15.6. The Bertz CT molecular complexity index is 1060. The van der Waals surface area contributed by atoms with E-state index in [4.69, 9.17) is 0 Å². The van der Waals surface area contributed by atoms with Crippen LogP contribution in [0.2, 0.25) is 0 Å². The van der Waals surface area contributed by atoms with Crippen LogP contribution in [0.4, 0.5) is 11.4 Å². The minimum atomic E-state index is -0.597. The van der Waals surface area contributed by atoms with Crippen molar-refractivity contribution in [1.29, 1.82) is 0 Å². The van der Waals surface area contributed by atoms with Crippen molar-refractivity contribution in [2.24, 2.45) is 0 Å². The number of aryl methyl sites for hydroxylation is 1. The van der Waals surface area contributed by atoms with Crippen LogP contribution in [0.25, 0.3) is 5.69 Å². The molecule has 0 aliphatic heterocycles. The Morgan fingerprint density at radius 3 is 2.18 bits per heavy atom. The van der Waals surface area contributed by atoms with Gasteiger partial charge in [-0.05, 0) is 43.3 Å². The molecule has 1 aromatic heterocycles. The monoisotopic (exact) mass is 376 g/mol. The van der Waals surface area contributed by atoms with Crippen molar-refractivity contribution in [3.63, 3.8) is 0 Å². The number of carbonyl (C=O) groups is 2. The van der Waals surface area contributed by atoms with E-state index in [1.165, 1.54) is 6.07 Å². The van der Waals surface area contributed by atoms with E-state index in [1.54, 1.807) is 42.8 Å². The number of nitrogens with one attached hydrogen (secondary N) is 2. The molecule has 0 radical (unpaired) electrons. The number of aromatic nitrogens is 2. The molecule has 7 nitrogen and oxygen atoms in total. The molecule has 142 valence electrons. The first kappa shape index (κ1) is 19.0. The lowest BCUT2D eigenvalue weighted by Crippen LogP contribution is -2.26. The molecule has 28 heavy (non-hydrogen) atoms. The SMILES string of the molecule is CCC(=O)Nc1ccc(NC(=O)c2nn(-c3ccccc3)c(C)cc2=O)cc1. The maximum Gasteiger partial charge on any atom is 0.280 e. The van der Waals surface area contributed by atoms with Crippen LogP contribution in [-0.2, 0) is 4.79 Å². The van der Waals surface area contributed by atoms with Gasteiger partial charge in [0.05, 0.1) is 5.69 Å². The van der Waals surface area contributed by atoms with E-state index in [0.29, 0.717) is 23.5 Å². The Kier molecular flexibility index (Phi) is 5.64. The van der Waals surface area contributed by atoms with Crippen LogP contribution >= 0.6 is 0 Å². The third-order valence-electron chi connectivity index (χ3n) is 4.07. The third kappa shape index (κ3) is 4.32. The highest BCUT2D eigenvalue weighted by molar-refractivity contribution is 6.02. The molecule has 0 unspecified atom stereocenters. The number of benzene rings is 2. The molecule has 3 rings (SSSR count). The molecule has 1 heterocycles. The number of carbonyl (C=O) groups excluding carboxylic acids is 2. The summed E-state index contributed by atoms with van der Waals surface area (Å²) in [5.74, 6) is -0.692. The number of hydrogen-bond acceptors (Lipinski definition) is 4.